The fourth-order valence-electron chi connectivity index (χ4n) is 1.72. The molecule has 4 nitrogen and oxygen atoms in total. The minimum Gasteiger partial charge on any atom is -0.370 e. The Hall–Kier alpha value is -0.910. The highest BCUT2D eigenvalue weighted by Gasteiger charge is 2.45. The Bertz CT molecular complexity index is 443. The van der Waals surface area contributed by atoms with Crippen molar-refractivity contribution in [3.63, 3.8) is 0 Å². The largest absolute Gasteiger partial charge is 0.370 e. The lowest BCUT2D eigenvalue weighted by Crippen LogP contribution is -2.52. The van der Waals surface area contributed by atoms with Crippen LogP contribution in [0.5, 0.6) is 0 Å². The average molecular weight is 227 g/mol. The summed E-state index contributed by atoms with van der Waals surface area (Å²) in [6, 6.07) is 8.49. The van der Waals surface area contributed by atoms with Crippen LogP contribution in [0.25, 0.3) is 0 Å². The molecule has 1 unspecified atom stereocenters. The first kappa shape index (κ1) is 10.6. The van der Waals surface area contributed by atoms with Crippen LogP contribution in [-0.4, -0.2) is 32.4 Å². The molecule has 0 spiro atoms. The van der Waals surface area contributed by atoms with Crippen LogP contribution in [0.15, 0.2) is 30.3 Å². The van der Waals surface area contributed by atoms with E-state index >= 15 is 0 Å². The van der Waals surface area contributed by atoms with E-state index in [1.807, 2.05) is 0 Å². The van der Waals surface area contributed by atoms with E-state index in [-0.39, 0.29) is 12.3 Å². The molecular formula is C10H13NO3S. The van der Waals surface area contributed by atoms with Crippen LogP contribution < -0.4 is 5.32 Å². The quantitative estimate of drug-likeness (QED) is 0.700. The highest BCUT2D eigenvalue weighted by atomic mass is 32.2. The average Bonchev–Trinajstić information content (AvgIpc) is 2.24. The summed E-state index contributed by atoms with van der Waals surface area (Å²) in [7, 11) is -3.48. The molecule has 0 aliphatic carbocycles. The second kappa shape index (κ2) is 3.59. The van der Waals surface area contributed by atoms with Gasteiger partial charge in [0.1, 0.15) is 0 Å². The lowest BCUT2D eigenvalue weighted by atomic mass is 10.1. The van der Waals surface area contributed by atoms with Gasteiger partial charge in [0.15, 0.2) is 9.84 Å². The zero-order chi connectivity index (χ0) is 10.9. The highest BCUT2D eigenvalue weighted by Crippen LogP contribution is 2.29. The fourth-order valence-corrected chi connectivity index (χ4v) is 3.29. The van der Waals surface area contributed by atoms with E-state index in [1.54, 1.807) is 30.3 Å². The van der Waals surface area contributed by atoms with Gasteiger partial charge >= 0.3 is 0 Å². The van der Waals surface area contributed by atoms with Crippen LogP contribution >= 0.6 is 0 Å². The minimum absolute atomic E-state index is 0.0294. The third kappa shape index (κ3) is 1.67. The van der Waals surface area contributed by atoms with Crippen molar-refractivity contribution in [3.05, 3.63) is 35.9 Å². The summed E-state index contributed by atoms with van der Waals surface area (Å²) >= 11 is 0. The van der Waals surface area contributed by atoms with Crippen molar-refractivity contribution in [2.24, 2.45) is 0 Å². The molecule has 15 heavy (non-hydrogen) atoms. The molecule has 1 aromatic rings. The van der Waals surface area contributed by atoms with Gasteiger partial charge in [0, 0.05) is 18.7 Å². The van der Waals surface area contributed by atoms with Crippen molar-refractivity contribution in [3.8, 4) is 0 Å². The van der Waals surface area contributed by atoms with Crippen LogP contribution in [0.1, 0.15) is 5.56 Å². The van der Waals surface area contributed by atoms with Gasteiger partial charge in [0.05, 0.1) is 5.75 Å². The summed E-state index contributed by atoms with van der Waals surface area (Å²) in [6.45, 7) is 0.455. The Morgan fingerprint density at radius 3 is 2.53 bits per heavy atom. The summed E-state index contributed by atoms with van der Waals surface area (Å²) in [4.78, 5) is -1.77. The van der Waals surface area contributed by atoms with E-state index in [0.717, 1.165) is 0 Å². The molecule has 0 aromatic heterocycles. The van der Waals surface area contributed by atoms with Gasteiger partial charge in [-0.15, -0.1) is 0 Å². The first-order chi connectivity index (χ1) is 7.06. The zero-order valence-corrected chi connectivity index (χ0v) is 9.00. The van der Waals surface area contributed by atoms with Crippen LogP contribution in [0.4, 0.5) is 0 Å². The van der Waals surface area contributed by atoms with Gasteiger partial charge in [-0.25, -0.2) is 8.42 Å². The van der Waals surface area contributed by atoms with Gasteiger partial charge in [-0.2, -0.15) is 0 Å². The zero-order valence-electron chi connectivity index (χ0n) is 8.18. The molecule has 2 N–H and O–H groups in total. The van der Waals surface area contributed by atoms with E-state index in [9.17, 15) is 13.5 Å². The third-order valence-electron chi connectivity index (χ3n) is 2.65. The molecule has 1 fully saturated rings. The fraction of sp³-hybridized carbons (Fsp3) is 0.400. The highest BCUT2D eigenvalue weighted by molar-refractivity contribution is 7.92. The third-order valence-corrected chi connectivity index (χ3v) is 4.80. The first-order valence-corrected chi connectivity index (χ1v) is 6.42. The molecule has 5 heteroatoms. The summed E-state index contributed by atoms with van der Waals surface area (Å²) in [5, 5.41) is 13.1. The lowest BCUT2D eigenvalue weighted by Gasteiger charge is -2.32. The van der Waals surface area contributed by atoms with Crippen LogP contribution in [-0.2, 0) is 14.8 Å². The van der Waals surface area contributed by atoms with E-state index in [0.29, 0.717) is 12.1 Å². The summed E-state index contributed by atoms with van der Waals surface area (Å²) in [5.74, 6) is -0.0294. The maximum absolute atomic E-state index is 11.8. The number of β-amino-alcohol motifs (C(OH)–C–C–N with tert-alkyl or cyclic N) is 1. The van der Waals surface area contributed by atoms with Crippen molar-refractivity contribution < 1.29 is 13.5 Å². The maximum Gasteiger partial charge on any atom is 0.204 e. The Morgan fingerprint density at radius 2 is 1.93 bits per heavy atom. The molecule has 1 aliphatic heterocycles. The van der Waals surface area contributed by atoms with E-state index in [1.165, 1.54) is 0 Å². The number of hydrogen-bond donors (Lipinski definition) is 2. The van der Waals surface area contributed by atoms with Crippen LogP contribution in [0.2, 0.25) is 0 Å². The van der Waals surface area contributed by atoms with Crippen molar-refractivity contribution in [2.75, 3.05) is 18.8 Å². The molecule has 1 aromatic carbocycles. The predicted octanol–water partition coefficient (Wildman–Crippen LogP) is -0.150. The Morgan fingerprint density at radius 1 is 1.27 bits per heavy atom. The van der Waals surface area contributed by atoms with Crippen molar-refractivity contribution in [1.29, 1.82) is 0 Å². The molecule has 1 atom stereocenters. The first-order valence-electron chi connectivity index (χ1n) is 4.77. The smallest absolute Gasteiger partial charge is 0.204 e. The van der Waals surface area contributed by atoms with E-state index in [4.69, 9.17) is 0 Å². The summed E-state index contributed by atoms with van der Waals surface area (Å²) < 4.78 is 23.6. The standard InChI is InChI=1S/C10H13NO3S/c12-10(9-4-2-1-3-5-9)8-11-6-7-15(10,13)14/h1-5,11-12H,6-8H2. The number of aliphatic hydroxyl groups is 1. The number of benzene rings is 1. The topological polar surface area (TPSA) is 66.4 Å². The lowest BCUT2D eigenvalue weighted by molar-refractivity contribution is 0.117. The summed E-state index contributed by atoms with van der Waals surface area (Å²) in [5.41, 5.74) is 0.428. The molecule has 82 valence electrons. The normalized spacial score (nSPS) is 29.9. The van der Waals surface area contributed by atoms with Gasteiger partial charge in [-0.05, 0) is 0 Å². The second-order valence-corrected chi connectivity index (χ2v) is 5.96. The van der Waals surface area contributed by atoms with E-state index < -0.39 is 14.8 Å². The molecule has 0 bridgehead atoms. The number of hydrogen-bond acceptors (Lipinski definition) is 4. The second-order valence-electron chi connectivity index (χ2n) is 3.65. The number of nitrogens with one attached hydrogen (secondary N) is 1. The number of sulfone groups is 1. The minimum atomic E-state index is -3.48. The SMILES string of the molecule is O=S1(=O)CCNCC1(O)c1ccccc1. The maximum atomic E-state index is 11.8. The monoisotopic (exact) mass is 227 g/mol. The Kier molecular flexibility index (Phi) is 2.54. The van der Waals surface area contributed by atoms with Gasteiger partial charge in [-0.1, -0.05) is 30.3 Å². The Balaban J connectivity index is 2.49. The van der Waals surface area contributed by atoms with Gasteiger partial charge in [0.25, 0.3) is 0 Å². The molecule has 0 radical (unpaired) electrons. The summed E-state index contributed by atoms with van der Waals surface area (Å²) in [6.07, 6.45) is 0. The number of rotatable bonds is 1. The molecule has 0 saturated carbocycles. The molecule has 2 rings (SSSR count). The van der Waals surface area contributed by atoms with Gasteiger partial charge in [-0.3, -0.25) is 0 Å². The van der Waals surface area contributed by atoms with Gasteiger partial charge in [0.2, 0.25) is 4.93 Å². The molecular weight excluding hydrogens is 214 g/mol. The predicted molar refractivity (Wildman–Crippen MR) is 57.0 cm³/mol. The van der Waals surface area contributed by atoms with Crippen LogP contribution in [0, 0.1) is 0 Å². The Labute approximate surface area is 88.9 Å². The van der Waals surface area contributed by atoms with Crippen molar-refractivity contribution in [2.45, 2.75) is 4.93 Å². The molecule has 1 heterocycles. The molecule has 0 amide bonds. The van der Waals surface area contributed by atoms with Crippen LogP contribution in [0.3, 0.4) is 0 Å². The van der Waals surface area contributed by atoms with Crippen molar-refractivity contribution >= 4 is 9.84 Å². The molecule has 1 saturated heterocycles. The van der Waals surface area contributed by atoms with Crippen molar-refractivity contribution in [1.82, 2.24) is 5.32 Å². The van der Waals surface area contributed by atoms with Gasteiger partial charge < -0.3 is 10.4 Å². The molecule has 1 aliphatic rings. The van der Waals surface area contributed by atoms with E-state index in [2.05, 4.69) is 5.32 Å².